The van der Waals surface area contributed by atoms with Gasteiger partial charge in [0.1, 0.15) is 0 Å². The molecule has 0 aliphatic carbocycles. The molecule has 0 aromatic carbocycles. The molecule has 80 valence electrons. The number of hydrogen-bond donors (Lipinski definition) is 1. The Balaban J connectivity index is 2.73. The van der Waals surface area contributed by atoms with Gasteiger partial charge in [0.2, 0.25) is 5.78 Å². The summed E-state index contributed by atoms with van der Waals surface area (Å²) in [4.78, 5) is 21.2. The van der Waals surface area contributed by atoms with Gasteiger partial charge in [0.05, 0.1) is 13.2 Å². The summed E-state index contributed by atoms with van der Waals surface area (Å²) in [6, 6.07) is 0. The van der Waals surface area contributed by atoms with Gasteiger partial charge >= 0.3 is 6.18 Å². The van der Waals surface area contributed by atoms with Gasteiger partial charge in [0, 0.05) is 6.92 Å². The smallest absolute Gasteiger partial charge is 0.376 e. The predicted octanol–water partition coefficient (Wildman–Crippen LogP) is 0.0229. The van der Waals surface area contributed by atoms with Crippen molar-refractivity contribution >= 4 is 11.7 Å². The monoisotopic (exact) mass is 211 g/mol. The van der Waals surface area contributed by atoms with Crippen LogP contribution in [-0.2, 0) is 14.3 Å². The molecule has 1 rings (SSSR count). The summed E-state index contributed by atoms with van der Waals surface area (Å²) in [7, 11) is 0. The Morgan fingerprint density at radius 2 is 1.86 bits per heavy atom. The number of Topliss-reactive ketones (excluding diaryl/α,β-unsaturated/α-hetero) is 1. The highest BCUT2D eigenvalue weighted by atomic mass is 19.4. The maximum Gasteiger partial charge on any atom is 0.416 e. The number of halogens is 3. The maximum absolute atomic E-state index is 12.4. The Morgan fingerprint density at radius 3 is 2.07 bits per heavy atom. The second-order valence-corrected chi connectivity index (χ2v) is 3.08. The second-order valence-electron chi connectivity index (χ2n) is 3.08. The number of carbonyl (C=O) groups is 2. The summed E-state index contributed by atoms with van der Waals surface area (Å²) >= 11 is 0. The van der Waals surface area contributed by atoms with Crippen LogP contribution >= 0.6 is 0 Å². The lowest BCUT2D eigenvalue weighted by atomic mass is 9.96. The van der Waals surface area contributed by atoms with Crippen molar-refractivity contribution in [2.45, 2.75) is 18.6 Å². The number of ether oxygens (including phenoxy) is 1. The van der Waals surface area contributed by atoms with E-state index in [4.69, 9.17) is 0 Å². The molecule has 0 atom stereocenters. The normalized spacial score (nSPS) is 19.7. The summed E-state index contributed by atoms with van der Waals surface area (Å²) < 4.78 is 41.5. The van der Waals surface area contributed by atoms with Crippen LogP contribution in [0.15, 0.2) is 0 Å². The third kappa shape index (κ3) is 1.72. The van der Waals surface area contributed by atoms with E-state index in [-0.39, 0.29) is 0 Å². The van der Waals surface area contributed by atoms with E-state index in [1.807, 2.05) is 0 Å². The SMILES string of the molecule is CC(=O)C(=O)NC1(C(F)(F)F)COC1. The minimum Gasteiger partial charge on any atom is -0.376 e. The van der Waals surface area contributed by atoms with Crippen molar-refractivity contribution in [3.8, 4) is 0 Å². The number of ketones is 1. The van der Waals surface area contributed by atoms with Crippen molar-refractivity contribution in [1.29, 1.82) is 0 Å². The van der Waals surface area contributed by atoms with E-state index in [0.29, 0.717) is 0 Å². The molecular weight excluding hydrogens is 203 g/mol. The first-order chi connectivity index (χ1) is 6.28. The number of nitrogens with one attached hydrogen (secondary N) is 1. The summed E-state index contributed by atoms with van der Waals surface area (Å²) in [5, 5.41) is 1.63. The molecule has 0 aromatic rings. The molecule has 1 N–H and O–H groups in total. The fourth-order valence-electron chi connectivity index (χ4n) is 0.918. The van der Waals surface area contributed by atoms with Gasteiger partial charge in [-0.3, -0.25) is 9.59 Å². The molecule has 1 amide bonds. The molecule has 0 aromatic heterocycles. The zero-order valence-electron chi connectivity index (χ0n) is 7.27. The van der Waals surface area contributed by atoms with Gasteiger partial charge in [-0.2, -0.15) is 13.2 Å². The van der Waals surface area contributed by atoms with Crippen LogP contribution in [0.25, 0.3) is 0 Å². The summed E-state index contributed by atoms with van der Waals surface area (Å²) in [5.41, 5.74) is -2.38. The zero-order valence-corrected chi connectivity index (χ0v) is 7.27. The largest absolute Gasteiger partial charge is 0.416 e. The van der Waals surface area contributed by atoms with Crippen molar-refractivity contribution in [3.63, 3.8) is 0 Å². The van der Waals surface area contributed by atoms with E-state index < -0.39 is 36.6 Å². The lowest BCUT2D eigenvalue weighted by Gasteiger charge is -2.42. The van der Waals surface area contributed by atoms with Crippen LogP contribution in [0.4, 0.5) is 13.2 Å². The molecule has 1 saturated heterocycles. The molecule has 0 spiro atoms. The van der Waals surface area contributed by atoms with E-state index >= 15 is 0 Å². The van der Waals surface area contributed by atoms with E-state index in [1.165, 1.54) is 0 Å². The first-order valence-corrected chi connectivity index (χ1v) is 3.76. The zero-order chi connectivity index (χ0) is 11.0. The molecular formula is C7H8F3NO3. The van der Waals surface area contributed by atoms with Crippen LogP contribution in [-0.4, -0.2) is 36.6 Å². The van der Waals surface area contributed by atoms with E-state index in [0.717, 1.165) is 6.92 Å². The van der Waals surface area contributed by atoms with E-state index in [2.05, 4.69) is 4.74 Å². The topological polar surface area (TPSA) is 55.4 Å². The number of hydrogen-bond acceptors (Lipinski definition) is 3. The van der Waals surface area contributed by atoms with Crippen LogP contribution in [0.2, 0.25) is 0 Å². The number of alkyl halides is 3. The lowest BCUT2D eigenvalue weighted by Crippen LogP contribution is -2.71. The highest BCUT2D eigenvalue weighted by molar-refractivity contribution is 6.35. The number of carbonyl (C=O) groups excluding carboxylic acids is 2. The molecule has 0 radical (unpaired) electrons. The highest BCUT2D eigenvalue weighted by Gasteiger charge is 2.61. The number of amides is 1. The van der Waals surface area contributed by atoms with Crippen molar-refractivity contribution < 1.29 is 27.5 Å². The van der Waals surface area contributed by atoms with Crippen LogP contribution in [0.5, 0.6) is 0 Å². The first kappa shape index (κ1) is 11.0. The van der Waals surface area contributed by atoms with Gasteiger partial charge in [0.15, 0.2) is 5.54 Å². The Hall–Kier alpha value is -1.11. The molecule has 0 bridgehead atoms. The van der Waals surface area contributed by atoms with Crippen molar-refractivity contribution in [2.75, 3.05) is 13.2 Å². The summed E-state index contributed by atoms with van der Waals surface area (Å²) in [6.45, 7) is -0.385. The fourth-order valence-corrected chi connectivity index (χ4v) is 0.918. The summed E-state index contributed by atoms with van der Waals surface area (Å²) in [6.07, 6.45) is -4.60. The average molecular weight is 211 g/mol. The molecule has 0 saturated carbocycles. The van der Waals surface area contributed by atoms with E-state index in [9.17, 15) is 22.8 Å². The summed E-state index contributed by atoms with van der Waals surface area (Å²) in [5.74, 6) is -2.20. The Bertz CT molecular complexity index is 270. The van der Waals surface area contributed by atoms with E-state index in [1.54, 1.807) is 5.32 Å². The molecule has 1 heterocycles. The molecule has 4 nitrogen and oxygen atoms in total. The van der Waals surface area contributed by atoms with Gasteiger partial charge in [-0.25, -0.2) is 0 Å². The molecule has 1 fully saturated rings. The van der Waals surface area contributed by atoms with Crippen molar-refractivity contribution in [1.82, 2.24) is 5.32 Å². The van der Waals surface area contributed by atoms with Crippen LogP contribution < -0.4 is 5.32 Å². The number of rotatable bonds is 2. The standard InChI is InChI=1S/C7H8F3NO3/c1-4(12)5(13)11-6(2-14-3-6)7(8,9)10/h2-3H2,1H3,(H,11,13). The Morgan fingerprint density at radius 1 is 1.36 bits per heavy atom. The third-order valence-electron chi connectivity index (χ3n) is 1.91. The Labute approximate surface area is 77.4 Å². The minimum atomic E-state index is -4.60. The fraction of sp³-hybridized carbons (Fsp3) is 0.714. The predicted molar refractivity (Wildman–Crippen MR) is 38.4 cm³/mol. The van der Waals surface area contributed by atoms with Crippen molar-refractivity contribution in [3.05, 3.63) is 0 Å². The minimum absolute atomic E-state index is 0.643. The van der Waals surface area contributed by atoms with Crippen LogP contribution in [0, 0.1) is 0 Å². The highest BCUT2D eigenvalue weighted by Crippen LogP contribution is 2.36. The molecule has 14 heavy (non-hydrogen) atoms. The lowest BCUT2D eigenvalue weighted by molar-refractivity contribution is -0.265. The third-order valence-corrected chi connectivity index (χ3v) is 1.91. The van der Waals surface area contributed by atoms with Gasteiger partial charge in [-0.15, -0.1) is 0 Å². The van der Waals surface area contributed by atoms with Gasteiger partial charge in [-0.05, 0) is 0 Å². The molecule has 7 heteroatoms. The van der Waals surface area contributed by atoms with Gasteiger partial charge < -0.3 is 10.1 Å². The molecule has 0 unspecified atom stereocenters. The average Bonchev–Trinajstić information content (AvgIpc) is 1.93. The quantitative estimate of drug-likeness (QED) is 0.655. The van der Waals surface area contributed by atoms with Crippen molar-refractivity contribution in [2.24, 2.45) is 0 Å². The van der Waals surface area contributed by atoms with Gasteiger partial charge in [0.25, 0.3) is 5.91 Å². The molecule has 1 aliphatic heterocycles. The molecule has 1 aliphatic rings. The van der Waals surface area contributed by atoms with Crippen LogP contribution in [0.1, 0.15) is 6.92 Å². The van der Waals surface area contributed by atoms with Gasteiger partial charge in [-0.1, -0.05) is 0 Å². The first-order valence-electron chi connectivity index (χ1n) is 3.76. The maximum atomic E-state index is 12.4. The second kappa shape index (κ2) is 3.23. The Kier molecular flexibility index (Phi) is 2.53. The van der Waals surface area contributed by atoms with Crippen LogP contribution in [0.3, 0.4) is 0 Å².